The van der Waals surface area contributed by atoms with E-state index >= 15 is 0 Å². The summed E-state index contributed by atoms with van der Waals surface area (Å²) in [4.78, 5) is 0. The second-order valence-electron chi connectivity index (χ2n) is 14.9. The first-order chi connectivity index (χ1) is 28.3. The third-order valence-electron chi connectivity index (χ3n) is 11.7. The van der Waals surface area contributed by atoms with Gasteiger partial charge in [-0.05, 0) is 82.4 Å². The summed E-state index contributed by atoms with van der Waals surface area (Å²) in [7, 11) is 0. The van der Waals surface area contributed by atoms with Gasteiger partial charge in [-0.25, -0.2) is 0 Å². The number of rotatable bonds is 5. The Kier molecular flexibility index (Phi) is 7.13. The highest BCUT2D eigenvalue weighted by molar-refractivity contribution is 7.26. The van der Waals surface area contributed by atoms with Crippen LogP contribution >= 0.6 is 11.3 Å². The molecule has 0 radical (unpaired) electrons. The molecule has 0 spiro atoms. The molecule has 3 aromatic heterocycles. The molecule has 0 atom stereocenters. The van der Waals surface area contributed by atoms with E-state index in [1.54, 1.807) is 0 Å². The molecule has 9 aromatic carbocycles. The van der Waals surface area contributed by atoms with E-state index in [1.807, 2.05) is 11.3 Å². The number of nitrogens with zero attached hydrogens (tertiary/aromatic N) is 2. The fraction of sp³-hybridized carbons (Fsp3) is 0. The van der Waals surface area contributed by atoms with Crippen LogP contribution in [0.4, 0.5) is 0 Å². The number of benzene rings is 9. The molecule has 0 unspecified atom stereocenters. The van der Waals surface area contributed by atoms with Crippen LogP contribution in [0.15, 0.2) is 206 Å². The smallest absolute Gasteiger partial charge is 0.0640 e. The molecular weight excluding hydrogens is 709 g/mol. The largest absolute Gasteiger partial charge is 0.309 e. The van der Waals surface area contributed by atoms with E-state index < -0.39 is 0 Å². The summed E-state index contributed by atoms with van der Waals surface area (Å²) in [6, 6.07) is 75.6. The Balaban J connectivity index is 1.10. The van der Waals surface area contributed by atoms with Crippen LogP contribution in [-0.2, 0) is 0 Å². The summed E-state index contributed by atoms with van der Waals surface area (Å²) < 4.78 is 7.56. The van der Waals surface area contributed by atoms with Gasteiger partial charge in [-0.2, -0.15) is 0 Å². The number of fused-ring (bicyclic) bond motifs is 9. The van der Waals surface area contributed by atoms with Crippen molar-refractivity contribution in [1.82, 2.24) is 9.13 Å². The normalized spacial score (nSPS) is 11.9. The Hall–Kier alpha value is -7.20. The lowest BCUT2D eigenvalue weighted by atomic mass is 9.97. The Bertz CT molecular complexity index is 3510. The molecule has 12 aromatic rings. The average molecular weight is 743 g/mol. The van der Waals surface area contributed by atoms with E-state index in [2.05, 4.69) is 215 Å². The van der Waals surface area contributed by atoms with Gasteiger partial charge in [0.05, 0.1) is 38.1 Å². The summed E-state index contributed by atoms with van der Waals surface area (Å²) in [6.07, 6.45) is 0. The van der Waals surface area contributed by atoms with Gasteiger partial charge in [-0.1, -0.05) is 152 Å². The van der Waals surface area contributed by atoms with Crippen molar-refractivity contribution in [1.29, 1.82) is 0 Å². The summed E-state index contributed by atoms with van der Waals surface area (Å²) in [5.74, 6) is 0. The maximum absolute atomic E-state index is 2.50. The van der Waals surface area contributed by atoms with Gasteiger partial charge in [0.2, 0.25) is 0 Å². The van der Waals surface area contributed by atoms with E-state index in [0.29, 0.717) is 0 Å². The highest BCUT2D eigenvalue weighted by Crippen LogP contribution is 2.45. The van der Waals surface area contributed by atoms with Gasteiger partial charge >= 0.3 is 0 Å². The van der Waals surface area contributed by atoms with Gasteiger partial charge in [0, 0.05) is 42.6 Å². The summed E-state index contributed by atoms with van der Waals surface area (Å²) in [5, 5.41) is 7.63. The van der Waals surface area contributed by atoms with Gasteiger partial charge in [-0.15, -0.1) is 11.3 Å². The molecule has 3 heterocycles. The van der Waals surface area contributed by atoms with Gasteiger partial charge in [0.25, 0.3) is 0 Å². The molecule has 0 N–H and O–H groups in total. The van der Waals surface area contributed by atoms with E-state index in [1.165, 1.54) is 109 Å². The highest BCUT2D eigenvalue weighted by Gasteiger charge is 2.21. The SMILES string of the molecule is c1ccc(-c2ccccc2-n2c3ccccc3c3cc(-c4ccc5c(c4)c4c(-c6ccccc6)cccc4n5-c4cccc5c4sc4ccccc45)ccc32)cc1. The van der Waals surface area contributed by atoms with Crippen LogP contribution < -0.4 is 0 Å². The predicted octanol–water partition coefficient (Wildman–Crippen LogP) is 15.2. The second kappa shape index (κ2) is 12.7. The van der Waals surface area contributed by atoms with Crippen LogP contribution in [0.3, 0.4) is 0 Å². The number of aromatic nitrogens is 2. The van der Waals surface area contributed by atoms with E-state index in [-0.39, 0.29) is 0 Å². The molecule has 57 heavy (non-hydrogen) atoms. The standard InChI is InChI=1S/C54H34N2S/c1-3-15-35(16-4-1)39-19-7-10-24-46(39)55-47-25-11-8-20-41(47)44-33-37(29-31-48(44)55)38-30-32-49-45(34-38)53-40(36-17-5-2-6-18-36)22-13-26-50(53)56(49)51-27-14-23-43-42-21-9-12-28-52(42)57-54(43)51/h1-34H. The van der Waals surface area contributed by atoms with Gasteiger partial charge in [0.1, 0.15) is 0 Å². The van der Waals surface area contributed by atoms with Crippen molar-refractivity contribution in [2.45, 2.75) is 0 Å². The van der Waals surface area contributed by atoms with Crippen LogP contribution in [0.25, 0.3) is 109 Å². The molecule has 0 amide bonds. The Morgan fingerprint density at radius 1 is 0.298 bits per heavy atom. The minimum absolute atomic E-state index is 1.18. The highest BCUT2D eigenvalue weighted by atomic mass is 32.1. The van der Waals surface area contributed by atoms with E-state index in [0.717, 1.165) is 0 Å². The van der Waals surface area contributed by atoms with Gasteiger partial charge in [0.15, 0.2) is 0 Å². The maximum atomic E-state index is 2.50. The maximum Gasteiger partial charge on any atom is 0.0640 e. The van der Waals surface area contributed by atoms with E-state index in [4.69, 9.17) is 0 Å². The molecule has 0 fully saturated rings. The van der Waals surface area contributed by atoms with Crippen molar-refractivity contribution < 1.29 is 0 Å². The lowest BCUT2D eigenvalue weighted by Gasteiger charge is -2.14. The van der Waals surface area contributed by atoms with Crippen LogP contribution in [0.1, 0.15) is 0 Å². The van der Waals surface area contributed by atoms with Crippen molar-refractivity contribution in [2.24, 2.45) is 0 Å². The molecule has 266 valence electrons. The Labute approximate surface area is 333 Å². The zero-order valence-corrected chi connectivity index (χ0v) is 31.7. The van der Waals surface area contributed by atoms with Crippen molar-refractivity contribution in [3.05, 3.63) is 206 Å². The van der Waals surface area contributed by atoms with Crippen molar-refractivity contribution in [2.75, 3.05) is 0 Å². The molecule has 0 aliphatic rings. The number of hydrogen-bond acceptors (Lipinski definition) is 1. The summed E-state index contributed by atoms with van der Waals surface area (Å²) >= 11 is 1.88. The lowest BCUT2D eigenvalue weighted by Crippen LogP contribution is -1.97. The van der Waals surface area contributed by atoms with Crippen LogP contribution in [0.5, 0.6) is 0 Å². The minimum Gasteiger partial charge on any atom is -0.309 e. The molecule has 0 saturated carbocycles. The zero-order chi connectivity index (χ0) is 37.5. The van der Waals surface area contributed by atoms with Crippen LogP contribution in [0, 0.1) is 0 Å². The number of para-hydroxylation sites is 2. The molecule has 0 aliphatic carbocycles. The van der Waals surface area contributed by atoms with Crippen molar-refractivity contribution in [3.8, 4) is 44.8 Å². The van der Waals surface area contributed by atoms with Gasteiger partial charge < -0.3 is 9.13 Å². The topological polar surface area (TPSA) is 9.86 Å². The van der Waals surface area contributed by atoms with Gasteiger partial charge in [-0.3, -0.25) is 0 Å². The molecule has 2 nitrogen and oxygen atoms in total. The fourth-order valence-electron chi connectivity index (χ4n) is 9.22. The average Bonchev–Trinajstić information content (AvgIpc) is 3.94. The zero-order valence-electron chi connectivity index (χ0n) is 30.9. The lowest BCUT2D eigenvalue weighted by molar-refractivity contribution is 1.18. The van der Waals surface area contributed by atoms with E-state index in [9.17, 15) is 0 Å². The summed E-state index contributed by atoms with van der Waals surface area (Å²) in [6.45, 7) is 0. The molecular formula is C54H34N2S. The fourth-order valence-corrected chi connectivity index (χ4v) is 10.4. The molecule has 0 aliphatic heterocycles. The van der Waals surface area contributed by atoms with Crippen molar-refractivity contribution >= 4 is 75.1 Å². The molecule has 12 rings (SSSR count). The Morgan fingerprint density at radius 2 is 0.825 bits per heavy atom. The summed E-state index contributed by atoms with van der Waals surface area (Å²) in [5.41, 5.74) is 14.5. The quantitative estimate of drug-likeness (QED) is 0.166. The van der Waals surface area contributed by atoms with Crippen LogP contribution in [-0.4, -0.2) is 9.13 Å². The molecule has 0 saturated heterocycles. The second-order valence-corrected chi connectivity index (χ2v) is 15.9. The number of hydrogen-bond donors (Lipinski definition) is 0. The predicted molar refractivity (Wildman–Crippen MR) is 244 cm³/mol. The molecule has 3 heteroatoms. The third kappa shape index (κ3) is 4.89. The first-order valence-electron chi connectivity index (χ1n) is 19.5. The number of thiophene rings is 1. The monoisotopic (exact) mass is 742 g/mol. The minimum atomic E-state index is 1.18. The molecule has 0 bridgehead atoms. The first kappa shape index (κ1) is 32.1. The third-order valence-corrected chi connectivity index (χ3v) is 12.9. The Morgan fingerprint density at radius 3 is 1.63 bits per heavy atom. The first-order valence-corrected chi connectivity index (χ1v) is 20.3. The van der Waals surface area contributed by atoms with Crippen molar-refractivity contribution in [3.63, 3.8) is 0 Å². The van der Waals surface area contributed by atoms with Crippen LogP contribution in [0.2, 0.25) is 0 Å².